The van der Waals surface area contributed by atoms with Crippen LogP contribution in [-0.4, -0.2) is 27.0 Å². The van der Waals surface area contributed by atoms with Gasteiger partial charge in [-0.05, 0) is 30.7 Å². The molecule has 0 fully saturated rings. The molecule has 2 rings (SSSR count). The standard InChI is InChI=1S/C14H13N3O4/c1-8-13(21-9(2)16-8)14(20)17-11-7-10(5-6-15-11)3-4-12(18)19/h3-7H,1-2H3,(H,18,19)(H,15,17,20)/b4-3+. The summed E-state index contributed by atoms with van der Waals surface area (Å²) in [4.78, 5) is 30.5. The van der Waals surface area contributed by atoms with Crippen molar-refractivity contribution in [3.05, 3.63) is 47.3 Å². The molecule has 2 aromatic heterocycles. The number of aliphatic carboxylic acids is 1. The van der Waals surface area contributed by atoms with Crippen molar-refractivity contribution < 1.29 is 19.1 Å². The molecule has 2 N–H and O–H groups in total. The molecule has 0 bridgehead atoms. The second-order valence-corrected chi connectivity index (χ2v) is 4.25. The summed E-state index contributed by atoms with van der Waals surface area (Å²) in [7, 11) is 0. The van der Waals surface area contributed by atoms with Crippen LogP contribution in [0.2, 0.25) is 0 Å². The third-order valence-corrected chi connectivity index (χ3v) is 2.55. The predicted molar refractivity (Wildman–Crippen MR) is 74.8 cm³/mol. The molecule has 7 heteroatoms. The van der Waals surface area contributed by atoms with Crippen molar-refractivity contribution in [1.29, 1.82) is 0 Å². The van der Waals surface area contributed by atoms with Gasteiger partial charge in [0.1, 0.15) is 5.82 Å². The minimum absolute atomic E-state index is 0.126. The molecule has 0 saturated carbocycles. The van der Waals surface area contributed by atoms with E-state index in [1.165, 1.54) is 12.3 Å². The van der Waals surface area contributed by atoms with E-state index in [9.17, 15) is 9.59 Å². The largest absolute Gasteiger partial charge is 0.478 e. The van der Waals surface area contributed by atoms with Crippen molar-refractivity contribution in [1.82, 2.24) is 9.97 Å². The molecule has 21 heavy (non-hydrogen) atoms. The minimum atomic E-state index is -1.05. The van der Waals surface area contributed by atoms with Gasteiger partial charge < -0.3 is 14.8 Å². The zero-order valence-electron chi connectivity index (χ0n) is 11.5. The van der Waals surface area contributed by atoms with Gasteiger partial charge in [-0.15, -0.1) is 0 Å². The number of aromatic nitrogens is 2. The van der Waals surface area contributed by atoms with Crippen LogP contribution in [0.1, 0.15) is 27.7 Å². The molecule has 0 saturated heterocycles. The SMILES string of the molecule is Cc1nc(C)c(C(=O)Nc2cc(/C=C/C(=O)O)ccn2)o1. The molecule has 7 nitrogen and oxygen atoms in total. The first kappa shape index (κ1) is 14.4. The number of hydrogen-bond donors (Lipinski definition) is 2. The van der Waals surface area contributed by atoms with E-state index in [1.54, 1.807) is 26.0 Å². The Morgan fingerprint density at radius 3 is 2.76 bits per heavy atom. The number of amides is 1. The van der Waals surface area contributed by atoms with Gasteiger partial charge in [-0.2, -0.15) is 0 Å². The van der Waals surface area contributed by atoms with Crippen LogP contribution in [0.3, 0.4) is 0 Å². The van der Waals surface area contributed by atoms with Gasteiger partial charge in [0.15, 0.2) is 5.89 Å². The molecule has 0 atom stereocenters. The van der Waals surface area contributed by atoms with E-state index in [0.29, 0.717) is 23.0 Å². The molecule has 2 heterocycles. The van der Waals surface area contributed by atoms with E-state index in [-0.39, 0.29) is 5.76 Å². The Hall–Kier alpha value is -2.96. The molecule has 0 unspecified atom stereocenters. The Kier molecular flexibility index (Phi) is 4.13. The normalized spacial score (nSPS) is 10.8. The molecular formula is C14H13N3O4. The summed E-state index contributed by atoms with van der Waals surface area (Å²) in [5.74, 6) is -0.685. The smallest absolute Gasteiger partial charge is 0.328 e. The number of carboxylic acid groups (broad SMARTS) is 1. The number of anilines is 1. The Labute approximate surface area is 120 Å². The number of rotatable bonds is 4. The summed E-state index contributed by atoms with van der Waals surface area (Å²) in [6.07, 6.45) is 3.88. The predicted octanol–water partition coefficient (Wildman–Crippen LogP) is 2.04. The average molecular weight is 287 g/mol. The average Bonchev–Trinajstić information content (AvgIpc) is 2.76. The zero-order valence-corrected chi connectivity index (χ0v) is 11.5. The van der Waals surface area contributed by atoms with Crippen LogP contribution in [0.15, 0.2) is 28.8 Å². The maximum atomic E-state index is 12.0. The van der Waals surface area contributed by atoms with E-state index in [2.05, 4.69) is 15.3 Å². The summed E-state index contributed by atoms with van der Waals surface area (Å²) in [6.45, 7) is 3.32. The molecule has 108 valence electrons. The highest BCUT2D eigenvalue weighted by Gasteiger charge is 2.16. The fourth-order valence-corrected chi connectivity index (χ4v) is 1.70. The van der Waals surface area contributed by atoms with Crippen molar-refractivity contribution >= 4 is 23.8 Å². The van der Waals surface area contributed by atoms with Gasteiger partial charge in [0, 0.05) is 19.2 Å². The molecular weight excluding hydrogens is 274 g/mol. The van der Waals surface area contributed by atoms with Gasteiger partial charge in [-0.1, -0.05) is 0 Å². The van der Waals surface area contributed by atoms with E-state index in [4.69, 9.17) is 9.52 Å². The summed E-state index contributed by atoms with van der Waals surface area (Å²) < 4.78 is 5.21. The van der Waals surface area contributed by atoms with Gasteiger partial charge in [-0.3, -0.25) is 4.79 Å². The third kappa shape index (κ3) is 3.75. The maximum Gasteiger partial charge on any atom is 0.328 e. The van der Waals surface area contributed by atoms with E-state index < -0.39 is 11.9 Å². The number of pyridine rings is 1. The Bertz CT molecular complexity index is 719. The van der Waals surface area contributed by atoms with Crippen LogP contribution in [0, 0.1) is 13.8 Å². The molecule has 0 aliphatic carbocycles. The van der Waals surface area contributed by atoms with Crippen molar-refractivity contribution in [2.24, 2.45) is 0 Å². The number of hydrogen-bond acceptors (Lipinski definition) is 5. The lowest BCUT2D eigenvalue weighted by Crippen LogP contribution is -2.13. The van der Waals surface area contributed by atoms with Crippen LogP contribution in [0.5, 0.6) is 0 Å². The number of nitrogens with zero attached hydrogens (tertiary/aromatic N) is 2. The van der Waals surface area contributed by atoms with Gasteiger partial charge in [0.05, 0.1) is 5.69 Å². The maximum absolute atomic E-state index is 12.0. The van der Waals surface area contributed by atoms with E-state index >= 15 is 0 Å². The number of carbonyl (C=O) groups is 2. The van der Waals surface area contributed by atoms with E-state index in [0.717, 1.165) is 6.08 Å². The van der Waals surface area contributed by atoms with Crippen LogP contribution in [-0.2, 0) is 4.79 Å². The number of carboxylic acids is 1. The number of nitrogens with one attached hydrogen (secondary N) is 1. The Balaban J connectivity index is 2.16. The second kappa shape index (κ2) is 6.00. The molecule has 0 spiro atoms. The van der Waals surface area contributed by atoms with Crippen molar-refractivity contribution in [2.45, 2.75) is 13.8 Å². The molecule has 0 radical (unpaired) electrons. The molecule has 1 amide bonds. The quantitative estimate of drug-likeness (QED) is 0.833. The topological polar surface area (TPSA) is 105 Å². The minimum Gasteiger partial charge on any atom is -0.478 e. The monoisotopic (exact) mass is 287 g/mol. The van der Waals surface area contributed by atoms with Crippen LogP contribution in [0.25, 0.3) is 6.08 Å². The highest BCUT2D eigenvalue weighted by atomic mass is 16.4. The fraction of sp³-hybridized carbons (Fsp3) is 0.143. The van der Waals surface area contributed by atoms with Crippen molar-refractivity contribution in [3.63, 3.8) is 0 Å². The first-order chi connectivity index (χ1) is 9.95. The molecule has 0 aromatic carbocycles. The van der Waals surface area contributed by atoms with Gasteiger partial charge in [-0.25, -0.2) is 14.8 Å². The van der Waals surface area contributed by atoms with Crippen LogP contribution < -0.4 is 5.32 Å². The highest BCUT2D eigenvalue weighted by molar-refractivity contribution is 6.02. The molecule has 0 aliphatic rings. The number of carbonyl (C=O) groups excluding carboxylic acids is 1. The third-order valence-electron chi connectivity index (χ3n) is 2.55. The van der Waals surface area contributed by atoms with Crippen LogP contribution >= 0.6 is 0 Å². The van der Waals surface area contributed by atoms with Gasteiger partial charge in [0.2, 0.25) is 5.76 Å². The summed E-state index contributed by atoms with van der Waals surface area (Å²) in [5.41, 5.74) is 1.10. The first-order valence-electron chi connectivity index (χ1n) is 6.08. The molecule has 0 aliphatic heterocycles. The lowest BCUT2D eigenvalue weighted by molar-refractivity contribution is -0.131. The van der Waals surface area contributed by atoms with Crippen LogP contribution in [0.4, 0.5) is 5.82 Å². The highest BCUT2D eigenvalue weighted by Crippen LogP contribution is 2.13. The van der Waals surface area contributed by atoms with E-state index in [1.807, 2.05) is 0 Å². The number of oxazole rings is 1. The zero-order chi connectivity index (χ0) is 15.4. The summed E-state index contributed by atoms with van der Waals surface area (Å²) in [5, 5.41) is 11.2. The number of aryl methyl sites for hydroxylation is 2. The Morgan fingerprint density at radius 1 is 1.38 bits per heavy atom. The van der Waals surface area contributed by atoms with Gasteiger partial charge >= 0.3 is 5.97 Å². The molecule has 2 aromatic rings. The first-order valence-corrected chi connectivity index (χ1v) is 6.08. The Morgan fingerprint density at radius 2 is 2.14 bits per heavy atom. The second-order valence-electron chi connectivity index (χ2n) is 4.25. The lowest BCUT2D eigenvalue weighted by atomic mass is 10.2. The van der Waals surface area contributed by atoms with Crippen molar-refractivity contribution in [3.8, 4) is 0 Å². The fourth-order valence-electron chi connectivity index (χ4n) is 1.70. The van der Waals surface area contributed by atoms with Gasteiger partial charge in [0.25, 0.3) is 5.91 Å². The summed E-state index contributed by atoms with van der Waals surface area (Å²) in [6, 6.07) is 3.18. The van der Waals surface area contributed by atoms with Crippen molar-refractivity contribution in [2.75, 3.05) is 5.32 Å². The summed E-state index contributed by atoms with van der Waals surface area (Å²) >= 11 is 0. The lowest BCUT2D eigenvalue weighted by Gasteiger charge is -2.03.